The number of halogens is 1. The molecule has 2 heterocycles. The summed E-state index contributed by atoms with van der Waals surface area (Å²) < 4.78 is 20.2. The molecule has 0 saturated heterocycles. The molecule has 0 radical (unpaired) electrons. The summed E-state index contributed by atoms with van der Waals surface area (Å²) in [4.78, 5) is 28.1. The Morgan fingerprint density at radius 3 is 2.55 bits per heavy atom. The van der Waals surface area contributed by atoms with Gasteiger partial charge in [-0.1, -0.05) is 12.1 Å². The molecule has 0 spiro atoms. The highest BCUT2D eigenvalue weighted by Crippen LogP contribution is 2.30. The van der Waals surface area contributed by atoms with E-state index in [1.165, 1.54) is 58.6 Å². The fraction of sp³-hybridized carbons (Fsp3) is 0.100. The summed E-state index contributed by atoms with van der Waals surface area (Å²) in [6, 6.07) is 11.7. The Kier molecular flexibility index (Phi) is 5.05. The van der Waals surface area contributed by atoms with Crippen molar-refractivity contribution >= 4 is 27.2 Å². The van der Waals surface area contributed by atoms with Gasteiger partial charge in [-0.3, -0.25) is 19.5 Å². The van der Waals surface area contributed by atoms with Crippen LogP contribution in [0.1, 0.15) is 0 Å². The number of aromatic nitrogens is 2. The predicted octanol–water partition coefficient (Wildman–Crippen LogP) is 4.25. The quantitative estimate of drug-likeness (QED) is 0.350. The molecule has 4 aromatic rings. The summed E-state index contributed by atoms with van der Waals surface area (Å²) >= 11 is 1.36. The molecule has 0 atom stereocenters. The third kappa shape index (κ3) is 3.85. The third-order valence-corrected chi connectivity index (χ3v) is 5.25. The van der Waals surface area contributed by atoms with Gasteiger partial charge in [0.05, 0.1) is 23.2 Å². The van der Waals surface area contributed by atoms with Gasteiger partial charge < -0.3 is 4.74 Å². The second-order valence-corrected chi connectivity index (χ2v) is 7.04. The van der Waals surface area contributed by atoms with E-state index in [0.29, 0.717) is 21.5 Å². The average molecular weight is 411 g/mol. The number of non-ortho nitro benzene ring substituents is 1. The molecule has 2 aromatic heterocycles. The number of ether oxygens (including phenoxy) is 1. The molecule has 0 fully saturated rings. The Morgan fingerprint density at radius 1 is 1.14 bits per heavy atom. The van der Waals surface area contributed by atoms with E-state index in [9.17, 15) is 19.3 Å². The minimum atomic E-state index is -0.482. The average Bonchev–Trinajstić information content (AvgIpc) is 3.15. The lowest BCUT2D eigenvalue weighted by Crippen LogP contribution is -2.23. The summed E-state index contributed by atoms with van der Waals surface area (Å²) in [5.74, 6) is 0.132. The lowest BCUT2D eigenvalue weighted by Gasteiger charge is -2.08. The monoisotopic (exact) mass is 411 g/mol. The van der Waals surface area contributed by atoms with Crippen LogP contribution >= 0.6 is 11.3 Å². The van der Waals surface area contributed by atoms with E-state index in [0.717, 1.165) is 5.56 Å². The molecule has 146 valence electrons. The van der Waals surface area contributed by atoms with Gasteiger partial charge in [0.15, 0.2) is 0 Å². The molecule has 0 aliphatic heterocycles. The van der Waals surface area contributed by atoms with Crippen molar-refractivity contribution in [1.82, 2.24) is 9.55 Å². The third-order valence-electron chi connectivity index (χ3n) is 4.36. The number of hydrogen-bond acceptors (Lipinski definition) is 6. The van der Waals surface area contributed by atoms with Crippen LogP contribution in [0.15, 0.2) is 65.0 Å². The summed E-state index contributed by atoms with van der Waals surface area (Å²) in [6.45, 7) is 0.457. The minimum absolute atomic E-state index is 0.0194. The van der Waals surface area contributed by atoms with Gasteiger partial charge in [-0.2, -0.15) is 0 Å². The first kappa shape index (κ1) is 18.8. The predicted molar refractivity (Wildman–Crippen MR) is 108 cm³/mol. The second-order valence-electron chi connectivity index (χ2n) is 6.18. The number of rotatable bonds is 6. The van der Waals surface area contributed by atoms with E-state index in [4.69, 9.17) is 4.74 Å². The highest BCUT2D eigenvalue weighted by atomic mass is 32.1. The Hall–Kier alpha value is -3.59. The molecular weight excluding hydrogens is 397 g/mol. The molecule has 0 N–H and O–H groups in total. The van der Waals surface area contributed by atoms with Gasteiger partial charge in [0.2, 0.25) is 0 Å². The van der Waals surface area contributed by atoms with Gasteiger partial charge in [-0.25, -0.2) is 9.37 Å². The maximum absolute atomic E-state index is 13.2. The maximum atomic E-state index is 13.2. The van der Waals surface area contributed by atoms with Gasteiger partial charge in [0.1, 0.15) is 23.0 Å². The Morgan fingerprint density at radius 2 is 1.86 bits per heavy atom. The number of fused-ring (bicyclic) bond motifs is 1. The molecule has 0 bridgehead atoms. The van der Waals surface area contributed by atoms with Crippen molar-refractivity contribution in [3.8, 4) is 16.9 Å². The van der Waals surface area contributed by atoms with Gasteiger partial charge in [0, 0.05) is 23.1 Å². The van der Waals surface area contributed by atoms with Crippen LogP contribution in [0.4, 0.5) is 10.1 Å². The van der Waals surface area contributed by atoms with Crippen molar-refractivity contribution in [2.45, 2.75) is 6.54 Å². The van der Waals surface area contributed by atoms with E-state index < -0.39 is 4.92 Å². The van der Waals surface area contributed by atoms with Crippen LogP contribution in [0.5, 0.6) is 5.75 Å². The molecular formula is C20H14FN3O4S. The number of nitrogens with zero attached hydrogens (tertiary/aromatic N) is 3. The highest BCUT2D eigenvalue weighted by molar-refractivity contribution is 7.17. The van der Waals surface area contributed by atoms with Crippen LogP contribution in [0, 0.1) is 15.9 Å². The van der Waals surface area contributed by atoms with Gasteiger partial charge >= 0.3 is 0 Å². The molecule has 7 nitrogen and oxygen atoms in total. The van der Waals surface area contributed by atoms with E-state index in [1.807, 2.05) is 5.38 Å². The molecule has 9 heteroatoms. The Balaban J connectivity index is 1.54. The molecule has 29 heavy (non-hydrogen) atoms. The zero-order chi connectivity index (χ0) is 20.4. The SMILES string of the molecule is O=c1c2c(-c3ccc(F)cc3)csc2ncn1CCOc1ccc([N+](=O)[O-])cc1. The first-order valence-electron chi connectivity index (χ1n) is 8.63. The largest absolute Gasteiger partial charge is 0.492 e. The maximum Gasteiger partial charge on any atom is 0.269 e. The minimum Gasteiger partial charge on any atom is -0.492 e. The summed E-state index contributed by atoms with van der Waals surface area (Å²) in [6.07, 6.45) is 1.47. The second kappa shape index (κ2) is 7.80. The summed E-state index contributed by atoms with van der Waals surface area (Å²) in [5.41, 5.74) is 1.24. The van der Waals surface area contributed by atoms with Crippen LogP contribution in [-0.2, 0) is 6.54 Å². The molecule has 0 aliphatic carbocycles. The number of thiophene rings is 1. The molecule has 0 aliphatic rings. The molecule has 2 aromatic carbocycles. The van der Waals surface area contributed by atoms with Crippen molar-refractivity contribution < 1.29 is 14.1 Å². The van der Waals surface area contributed by atoms with E-state index in [-0.39, 0.29) is 30.2 Å². The number of hydrogen-bond donors (Lipinski definition) is 0. The van der Waals surface area contributed by atoms with Gasteiger partial charge in [-0.05, 0) is 29.8 Å². The van der Waals surface area contributed by atoms with Crippen molar-refractivity contribution in [2.24, 2.45) is 0 Å². The van der Waals surface area contributed by atoms with Crippen LogP contribution in [0.2, 0.25) is 0 Å². The molecule has 0 saturated carbocycles. The highest BCUT2D eigenvalue weighted by Gasteiger charge is 2.13. The first-order valence-corrected chi connectivity index (χ1v) is 9.51. The fourth-order valence-electron chi connectivity index (χ4n) is 2.89. The van der Waals surface area contributed by atoms with Crippen LogP contribution in [0.3, 0.4) is 0 Å². The van der Waals surface area contributed by atoms with Crippen molar-refractivity contribution in [3.05, 3.63) is 86.5 Å². The molecule has 0 unspecified atom stereocenters. The summed E-state index contributed by atoms with van der Waals surface area (Å²) in [7, 11) is 0. The van der Waals surface area contributed by atoms with Crippen molar-refractivity contribution in [3.63, 3.8) is 0 Å². The zero-order valence-corrected chi connectivity index (χ0v) is 15.8. The lowest BCUT2D eigenvalue weighted by molar-refractivity contribution is -0.384. The van der Waals surface area contributed by atoms with Gasteiger partial charge in [0.25, 0.3) is 11.2 Å². The number of nitro benzene ring substituents is 1. The van der Waals surface area contributed by atoms with E-state index in [2.05, 4.69) is 4.98 Å². The summed E-state index contributed by atoms with van der Waals surface area (Å²) in [5, 5.41) is 13.0. The van der Waals surface area contributed by atoms with Gasteiger partial charge in [-0.15, -0.1) is 11.3 Å². The number of nitro groups is 1. The van der Waals surface area contributed by atoms with Crippen LogP contribution in [-0.4, -0.2) is 21.1 Å². The van der Waals surface area contributed by atoms with Crippen molar-refractivity contribution in [2.75, 3.05) is 6.61 Å². The van der Waals surface area contributed by atoms with E-state index in [1.54, 1.807) is 12.1 Å². The fourth-order valence-corrected chi connectivity index (χ4v) is 3.80. The molecule has 4 rings (SSSR count). The van der Waals surface area contributed by atoms with Crippen LogP contribution < -0.4 is 10.3 Å². The lowest BCUT2D eigenvalue weighted by atomic mass is 10.1. The zero-order valence-electron chi connectivity index (χ0n) is 14.9. The van der Waals surface area contributed by atoms with Crippen LogP contribution in [0.25, 0.3) is 21.3 Å². The standard InChI is InChI=1S/C20H14FN3O4S/c21-14-3-1-13(2-4-14)17-11-29-19-18(17)20(25)23(12-22-19)9-10-28-16-7-5-15(6-8-16)24(26)27/h1-8,11-12H,9-10H2. The Bertz CT molecular complexity index is 1230. The Labute approximate surface area is 167 Å². The topological polar surface area (TPSA) is 87.3 Å². The normalized spacial score (nSPS) is 10.9. The smallest absolute Gasteiger partial charge is 0.269 e. The van der Waals surface area contributed by atoms with Crippen molar-refractivity contribution in [1.29, 1.82) is 0 Å². The number of benzene rings is 2. The first-order chi connectivity index (χ1) is 14.0. The molecule has 0 amide bonds. The van der Waals surface area contributed by atoms with E-state index >= 15 is 0 Å².